The van der Waals surface area contributed by atoms with Crippen molar-refractivity contribution in [3.05, 3.63) is 11.8 Å². The summed E-state index contributed by atoms with van der Waals surface area (Å²) in [5.41, 5.74) is 6.33. The first-order valence-electron chi connectivity index (χ1n) is 3.83. The summed E-state index contributed by atoms with van der Waals surface area (Å²) >= 11 is 0. The van der Waals surface area contributed by atoms with Gasteiger partial charge in [-0.15, -0.1) is 0 Å². The van der Waals surface area contributed by atoms with Crippen LogP contribution in [-0.4, -0.2) is 5.16 Å². The van der Waals surface area contributed by atoms with E-state index in [0.717, 1.165) is 5.69 Å². The fourth-order valence-electron chi connectivity index (χ4n) is 0.860. The topological polar surface area (TPSA) is 52.0 Å². The smallest absolute Gasteiger partial charge is 0.222 e. The maximum absolute atomic E-state index is 5.39. The second kappa shape index (κ2) is 2.95. The van der Waals surface area contributed by atoms with Crippen molar-refractivity contribution in [3.8, 4) is 0 Å². The molecule has 0 aromatic carbocycles. The fraction of sp³-hybridized carbons (Fsp3) is 0.625. The van der Waals surface area contributed by atoms with Gasteiger partial charge in [0.15, 0.2) is 0 Å². The Kier molecular flexibility index (Phi) is 2.17. The number of hydrogen-bond donors (Lipinski definition) is 1. The first-order valence-corrected chi connectivity index (χ1v) is 3.83. The van der Waals surface area contributed by atoms with E-state index in [-0.39, 0.29) is 0 Å². The van der Waals surface area contributed by atoms with E-state index in [1.54, 1.807) is 6.07 Å². The zero-order valence-electron chi connectivity index (χ0n) is 7.16. The molecular formula is C8H14N2O. The molecule has 0 saturated heterocycles. The Morgan fingerprint density at radius 3 is 2.45 bits per heavy atom. The van der Waals surface area contributed by atoms with Crippen molar-refractivity contribution in [2.45, 2.75) is 26.7 Å². The minimum atomic E-state index is 0.396. The van der Waals surface area contributed by atoms with Crippen LogP contribution in [0.1, 0.15) is 32.4 Å². The van der Waals surface area contributed by atoms with Crippen LogP contribution in [0.25, 0.3) is 0 Å². The summed E-state index contributed by atoms with van der Waals surface area (Å²) < 4.78 is 4.76. The van der Waals surface area contributed by atoms with Crippen molar-refractivity contribution in [1.82, 2.24) is 5.16 Å². The van der Waals surface area contributed by atoms with Crippen LogP contribution >= 0.6 is 0 Å². The highest BCUT2D eigenvalue weighted by molar-refractivity contribution is 5.26. The fourth-order valence-corrected chi connectivity index (χ4v) is 0.860. The first-order chi connectivity index (χ1) is 5.11. The molecule has 0 bridgehead atoms. The molecule has 62 valence electrons. The van der Waals surface area contributed by atoms with Crippen molar-refractivity contribution in [3.63, 3.8) is 0 Å². The minimum absolute atomic E-state index is 0.396. The Labute approximate surface area is 66.6 Å². The number of aromatic nitrogens is 1. The highest BCUT2D eigenvalue weighted by Gasteiger charge is 2.13. The van der Waals surface area contributed by atoms with Crippen molar-refractivity contribution in [2.24, 2.45) is 5.92 Å². The highest BCUT2D eigenvalue weighted by atomic mass is 16.5. The van der Waals surface area contributed by atoms with Gasteiger partial charge in [0.2, 0.25) is 5.88 Å². The van der Waals surface area contributed by atoms with E-state index in [9.17, 15) is 0 Å². The normalized spacial score (nSPS) is 13.8. The Bertz CT molecular complexity index is 230. The molecule has 0 fully saturated rings. The van der Waals surface area contributed by atoms with Gasteiger partial charge in [-0.25, -0.2) is 0 Å². The predicted molar refractivity (Wildman–Crippen MR) is 44.2 cm³/mol. The SMILES string of the molecule is CC(C)[C@@H](C)c1cc(N)on1. The van der Waals surface area contributed by atoms with Gasteiger partial charge in [0, 0.05) is 12.0 Å². The van der Waals surface area contributed by atoms with Crippen molar-refractivity contribution in [2.75, 3.05) is 5.73 Å². The number of nitrogen functional groups attached to an aromatic ring is 1. The van der Waals surface area contributed by atoms with Crippen LogP contribution in [-0.2, 0) is 0 Å². The molecule has 0 saturated carbocycles. The molecule has 11 heavy (non-hydrogen) atoms. The quantitative estimate of drug-likeness (QED) is 0.709. The Hall–Kier alpha value is -0.990. The molecule has 3 heteroatoms. The van der Waals surface area contributed by atoms with E-state index < -0.39 is 0 Å². The third-order valence-corrected chi connectivity index (χ3v) is 2.01. The average Bonchev–Trinajstić information content (AvgIpc) is 2.34. The van der Waals surface area contributed by atoms with Crippen LogP contribution in [0, 0.1) is 5.92 Å². The lowest BCUT2D eigenvalue weighted by molar-refractivity contribution is 0.407. The number of nitrogens with two attached hydrogens (primary N) is 1. The van der Waals surface area contributed by atoms with Gasteiger partial charge in [0.05, 0.1) is 5.69 Å². The lowest BCUT2D eigenvalue weighted by Gasteiger charge is -2.10. The molecule has 1 aromatic heterocycles. The summed E-state index contributed by atoms with van der Waals surface area (Å²) in [6, 6.07) is 1.78. The molecule has 0 aliphatic heterocycles. The molecule has 2 N–H and O–H groups in total. The molecule has 1 rings (SSSR count). The van der Waals surface area contributed by atoms with Crippen molar-refractivity contribution in [1.29, 1.82) is 0 Å². The van der Waals surface area contributed by atoms with Gasteiger partial charge >= 0.3 is 0 Å². The van der Waals surface area contributed by atoms with Crippen molar-refractivity contribution < 1.29 is 4.52 Å². The van der Waals surface area contributed by atoms with Crippen LogP contribution in [0.4, 0.5) is 5.88 Å². The lowest BCUT2D eigenvalue weighted by atomic mass is 9.95. The van der Waals surface area contributed by atoms with E-state index in [0.29, 0.717) is 17.7 Å². The number of hydrogen-bond acceptors (Lipinski definition) is 3. The Morgan fingerprint density at radius 2 is 2.09 bits per heavy atom. The largest absolute Gasteiger partial charge is 0.368 e. The summed E-state index contributed by atoms with van der Waals surface area (Å²) in [5.74, 6) is 1.38. The number of rotatable bonds is 2. The van der Waals surface area contributed by atoms with Gasteiger partial charge in [0.1, 0.15) is 0 Å². The molecule has 1 atom stereocenters. The lowest BCUT2D eigenvalue weighted by Crippen LogP contribution is -2.01. The van der Waals surface area contributed by atoms with Crippen LogP contribution in [0.3, 0.4) is 0 Å². The summed E-state index contributed by atoms with van der Waals surface area (Å²) in [6.07, 6.45) is 0. The predicted octanol–water partition coefficient (Wildman–Crippen LogP) is 2.02. The molecule has 1 heterocycles. The van der Waals surface area contributed by atoms with Gasteiger partial charge < -0.3 is 10.3 Å². The second-order valence-corrected chi connectivity index (χ2v) is 3.19. The van der Waals surface area contributed by atoms with E-state index in [2.05, 4.69) is 25.9 Å². The minimum Gasteiger partial charge on any atom is -0.368 e. The molecule has 3 nitrogen and oxygen atoms in total. The number of nitrogens with zero attached hydrogens (tertiary/aromatic N) is 1. The summed E-state index contributed by atoms with van der Waals surface area (Å²) in [6.45, 7) is 6.41. The van der Waals surface area contributed by atoms with Gasteiger partial charge in [-0.3, -0.25) is 0 Å². The Balaban J connectivity index is 2.76. The van der Waals surface area contributed by atoms with Crippen LogP contribution in [0.15, 0.2) is 10.6 Å². The second-order valence-electron chi connectivity index (χ2n) is 3.19. The van der Waals surface area contributed by atoms with E-state index >= 15 is 0 Å². The monoisotopic (exact) mass is 154 g/mol. The van der Waals surface area contributed by atoms with E-state index in [1.807, 2.05) is 0 Å². The van der Waals surface area contributed by atoms with E-state index in [1.165, 1.54) is 0 Å². The summed E-state index contributed by atoms with van der Waals surface area (Å²) in [4.78, 5) is 0. The molecule has 0 spiro atoms. The van der Waals surface area contributed by atoms with E-state index in [4.69, 9.17) is 10.3 Å². The van der Waals surface area contributed by atoms with Crippen molar-refractivity contribution >= 4 is 5.88 Å². The van der Waals surface area contributed by atoms with Crippen LogP contribution < -0.4 is 5.73 Å². The molecular weight excluding hydrogens is 140 g/mol. The third-order valence-electron chi connectivity index (χ3n) is 2.01. The molecule has 0 unspecified atom stereocenters. The molecule has 1 aromatic rings. The van der Waals surface area contributed by atoms with Crippen LogP contribution in [0.5, 0.6) is 0 Å². The van der Waals surface area contributed by atoms with Gasteiger partial charge in [-0.1, -0.05) is 25.9 Å². The molecule has 0 aliphatic carbocycles. The van der Waals surface area contributed by atoms with Gasteiger partial charge in [0.25, 0.3) is 0 Å². The van der Waals surface area contributed by atoms with Gasteiger partial charge in [-0.05, 0) is 5.92 Å². The molecule has 0 aliphatic rings. The molecule has 0 amide bonds. The maximum Gasteiger partial charge on any atom is 0.222 e. The van der Waals surface area contributed by atoms with Crippen LogP contribution in [0.2, 0.25) is 0 Å². The average molecular weight is 154 g/mol. The number of anilines is 1. The maximum atomic E-state index is 5.39. The summed E-state index contributed by atoms with van der Waals surface area (Å²) in [5, 5.41) is 3.84. The first kappa shape index (κ1) is 8.11. The highest BCUT2D eigenvalue weighted by Crippen LogP contribution is 2.23. The standard InChI is InChI=1S/C8H14N2O/c1-5(2)6(3)7-4-8(9)11-10-7/h4-6H,9H2,1-3H3/t6-/m1/s1. The zero-order valence-corrected chi connectivity index (χ0v) is 7.16. The van der Waals surface area contributed by atoms with Gasteiger partial charge in [-0.2, -0.15) is 0 Å². The zero-order chi connectivity index (χ0) is 8.43. The summed E-state index contributed by atoms with van der Waals surface area (Å²) in [7, 11) is 0. The Morgan fingerprint density at radius 1 is 1.45 bits per heavy atom. The third kappa shape index (κ3) is 1.73. The molecule has 0 radical (unpaired) electrons.